The highest BCUT2D eigenvalue weighted by atomic mass is 16.5. The van der Waals surface area contributed by atoms with Crippen molar-refractivity contribution in [2.24, 2.45) is 0 Å². The summed E-state index contributed by atoms with van der Waals surface area (Å²) < 4.78 is 10.2. The lowest BCUT2D eigenvalue weighted by molar-refractivity contribution is -0.123. The summed E-state index contributed by atoms with van der Waals surface area (Å²) in [4.78, 5) is 25.0. The summed E-state index contributed by atoms with van der Waals surface area (Å²) in [7, 11) is 1.38. The van der Waals surface area contributed by atoms with Crippen LogP contribution in [0.5, 0.6) is 11.5 Å². The number of rotatable bonds is 6. The molecule has 0 aromatic heterocycles. The fourth-order valence-electron chi connectivity index (χ4n) is 2.83. The number of anilines is 1. The Bertz CT molecular complexity index is 1020. The van der Waals surface area contributed by atoms with Crippen molar-refractivity contribution in [2.45, 2.75) is 13.0 Å². The number of amides is 1. The molecule has 1 unspecified atom stereocenters. The average molecular weight is 391 g/mol. The smallest absolute Gasteiger partial charge is 0.342 e. The maximum atomic E-state index is 12.6. The Labute approximate surface area is 168 Å². The van der Waals surface area contributed by atoms with Crippen molar-refractivity contribution in [2.75, 3.05) is 12.4 Å². The fourth-order valence-corrected chi connectivity index (χ4v) is 2.83. The lowest BCUT2D eigenvalue weighted by atomic mass is 10.0. The number of methoxy groups -OCH3 is 1. The summed E-state index contributed by atoms with van der Waals surface area (Å²) in [6, 6.07) is 21.5. The van der Waals surface area contributed by atoms with Gasteiger partial charge in [0.1, 0.15) is 5.56 Å². The van der Waals surface area contributed by atoms with E-state index in [0.717, 1.165) is 11.1 Å². The molecule has 0 spiro atoms. The van der Waals surface area contributed by atoms with Gasteiger partial charge in [0.2, 0.25) is 0 Å². The minimum Gasteiger partial charge on any atom is -0.504 e. The number of benzene rings is 3. The molecule has 2 N–H and O–H groups in total. The van der Waals surface area contributed by atoms with Crippen LogP contribution in [0.3, 0.4) is 0 Å². The lowest BCUT2D eigenvalue weighted by Crippen LogP contribution is -2.30. The summed E-state index contributed by atoms with van der Waals surface area (Å²) in [6.07, 6.45) is -1.07. The van der Waals surface area contributed by atoms with Crippen molar-refractivity contribution in [3.8, 4) is 22.6 Å². The summed E-state index contributed by atoms with van der Waals surface area (Å²) in [6.45, 7) is 1.47. The van der Waals surface area contributed by atoms with Crippen LogP contribution in [0.2, 0.25) is 0 Å². The summed E-state index contributed by atoms with van der Waals surface area (Å²) >= 11 is 0. The average Bonchev–Trinajstić information content (AvgIpc) is 2.74. The van der Waals surface area contributed by atoms with Crippen molar-refractivity contribution < 1.29 is 24.2 Å². The summed E-state index contributed by atoms with van der Waals surface area (Å²) in [5, 5.41) is 12.9. The third kappa shape index (κ3) is 4.55. The molecule has 6 heteroatoms. The molecule has 0 aliphatic rings. The van der Waals surface area contributed by atoms with E-state index in [2.05, 4.69) is 5.32 Å². The third-order valence-corrected chi connectivity index (χ3v) is 4.36. The van der Waals surface area contributed by atoms with Crippen LogP contribution in [0.25, 0.3) is 11.1 Å². The molecule has 0 saturated carbocycles. The number of nitrogens with one attached hydrogen (secondary N) is 1. The Morgan fingerprint density at radius 3 is 2.34 bits per heavy atom. The zero-order chi connectivity index (χ0) is 20.8. The van der Waals surface area contributed by atoms with Crippen LogP contribution >= 0.6 is 0 Å². The molecule has 1 atom stereocenters. The number of aromatic hydroxyl groups is 1. The van der Waals surface area contributed by atoms with Gasteiger partial charge in [0.15, 0.2) is 17.6 Å². The molecule has 148 valence electrons. The minimum atomic E-state index is -1.07. The van der Waals surface area contributed by atoms with Gasteiger partial charge in [-0.05, 0) is 30.7 Å². The highest BCUT2D eigenvalue weighted by Crippen LogP contribution is 2.30. The van der Waals surface area contributed by atoms with E-state index in [0.29, 0.717) is 5.69 Å². The molecule has 0 radical (unpaired) electrons. The second-order valence-corrected chi connectivity index (χ2v) is 6.30. The number of hydrogen-bond donors (Lipinski definition) is 2. The van der Waals surface area contributed by atoms with E-state index in [-0.39, 0.29) is 17.1 Å². The highest BCUT2D eigenvalue weighted by Gasteiger charge is 2.23. The van der Waals surface area contributed by atoms with Crippen molar-refractivity contribution in [1.82, 2.24) is 0 Å². The molecule has 0 aliphatic carbocycles. The van der Waals surface area contributed by atoms with Gasteiger partial charge in [-0.2, -0.15) is 0 Å². The van der Waals surface area contributed by atoms with Crippen LogP contribution in [0.4, 0.5) is 5.69 Å². The molecule has 6 nitrogen and oxygen atoms in total. The molecule has 0 heterocycles. The van der Waals surface area contributed by atoms with Gasteiger partial charge in [-0.1, -0.05) is 54.6 Å². The molecule has 1 amide bonds. The molecular weight excluding hydrogens is 370 g/mol. The van der Waals surface area contributed by atoms with E-state index >= 15 is 0 Å². The highest BCUT2D eigenvalue weighted by molar-refractivity contribution is 6.00. The Hall–Kier alpha value is -3.80. The van der Waals surface area contributed by atoms with Crippen LogP contribution in [0.1, 0.15) is 17.3 Å². The number of hydrogen-bond acceptors (Lipinski definition) is 5. The monoisotopic (exact) mass is 391 g/mol. The molecule has 0 fully saturated rings. The largest absolute Gasteiger partial charge is 0.504 e. The summed E-state index contributed by atoms with van der Waals surface area (Å²) in [5.41, 5.74) is 2.34. The fraction of sp³-hybridized carbons (Fsp3) is 0.130. The third-order valence-electron chi connectivity index (χ3n) is 4.36. The van der Waals surface area contributed by atoms with Crippen molar-refractivity contribution in [1.29, 1.82) is 0 Å². The topological polar surface area (TPSA) is 84.9 Å². The van der Waals surface area contributed by atoms with Crippen LogP contribution in [-0.2, 0) is 9.53 Å². The first-order valence-electron chi connectivity index (χ1n) is 9.03. The zero-order valence-corrected chi connectivity index (χ0v) is 16.1. The van der Waals surface area contributed by atoms with Crippen LogP contribution < -0.4 is 10.1 Å². The predicted molar refractivity (Wildman–Crippen MR) is 110 cm³/mol. The second-order valence-electron chi connectivity index (χ2n) is 6.30. The van der Waals surface area contributed by atoms with Gasteiger partial charge in [0.25, 0.3) is 5.91 Å². The maximum Gasteiger partial charge on any atom is 0.342 e. The van der Waals surface area contributed by atoms with E-state index in [1.54, 1.807) is 12.1 Å². The second kappa shape index (κ2) is 8.93. The Morgan fingerprint density at radius 1 is 0.931 bits per heavy atom. The number of esters is 1. The zero-order valence-electron chi connectivity index (χ0n) is 16.1. The number of carbonyl (C=O) groups excluding carboxylic acids is 2. The van der Waals surface area contributed by atoms with Gasteiger partial charge < -0.3 is 19.9 Å². The molecule has 0 bridgehead atoms. The standard InChI is InChI=1S/C23H21NO5/c1-15(29-23(27)18-12-8-14-20(28-2)21(18)25)22(26)24-19-13-7-6-11-17(19)16-9-4-3-5-10-16/h3-15,25H,1-2H3,(H,24,26). The van der Waals surface area contributed by atoms with Gasteiger partial charge in [0.05, 0.1) is 7.11 Å². The predicted octanol–water partition coefficient (Wildman–Crippen LogP) is 4.25. The SMILES string of the molecule is COc1cccc(C(=O)OC(C)C(=O)Nc2ccccc2-c2ccccc2)c1O. The normalized spacial score (nSPS) is 11.4. The molecule has 3 aromatic carbocycles. The molecule has 3 aromatic rings. The molecule has 3 rings (SSSR count). The number of carbonyl (C=O) groups is 2. The van der Waals surface area contributed by atoms with Gasteiger partial charge in [-0.15, -0.1) is 0 Å². The maximum absolute atomic E-state index is 12.6. The van der Waals surface area contributed by atoms with Crippen LogP contribution in [0.15, 0.2) is 72.8 Å². The number of phenolic OH excluding ortho intramolecular Hbond substituents is 1. The Morgan fingerprint density at radius 2 is 1.62 bits per heavy atom. The summed E-state index contributed by atoms with van der Waals surface area (Å²) in [5.74, 6) is -1.49. The van der Waals surface area contributed by atoms with Crippen LogP contribution in [0, 0.1) is 0 Å². The van der Waals surface area contributed by atoms with Crippen molar-refractivity contribution in [3.63, 3.8) is 0 Å². The van der Waals surface area contributed by atoms with E-state index in [4.69, 9.17) is 9.47 Å². The van der Waals surface area contributed by atoms with Gasteiger partial charge in [0, 0.05) is 11.3 Å². The number of phenols is 1. The first-order chi connectivity index (χ1) is 14.0. The number of ether oxygens (including phenoxy) is 2. The van der Waals surface area contributed by atoms with Crippen molar-refractivity contribution >= 4 is 17.6 Å². The van der Waals surface area contributed by atoms with E-state index in [1.165, 1.54) is 26.2 Å². The van der Waals surface area contributed by atoms with E-state index in [1.807, 2.05) is 48.5 Å². The molecule has 0 saturated heterocycles. The van der Waals surface area contributed by atoms with Crippen LogP contribution in [-0.4, -0.2) is 30.2 Å². The van der Waals surface area contributed by atoms with Crippen molar-refractivity contribution in [3.05, 3.63) is 78.4 Å². The molecule has 29 heavy (non-hydrogen) atoms. The first-order valence-corrected chi connectivity index (χ1v) is 9.03. The first kappa shape index (κ1) is 19.9. The van der Waals surface area contributed by atoms with Gasteiger partial charge in [-0.25, -0.2) is 4.79 Å². The minimum absolute atomic E-state index is 0.0753. The lowest BCUT2D eigenvalue weighted by Gasteiger charge is -2.16. The van der Waals surface area contributed by atoms with Gasteiger partial charge >= 0.3 is 5.97 Å². The Kier molecular flexibility index (Phi) is 6.14. The quantitative estimate of drug-likeness (QED) is 0.614. The molecule has 0 aliphatic heterocycles. The molecular formula is C23H21NO5. The Balaban J connectivity index is 1.73. The van der Waals surface area contributed by atoms with E-state index < -0.39 is 18.0 Å². The van der Waals surface area contributed by atoms with Gasteiger partial charge in [-0.3, -0.25) is 4.79 Å². The number of para-hydroxylation sites is 2. The van der Waals surface area contributed by atoms with E-state index in [9.17, 15) is 14.7 Å².